The molecule has 0 unspecified atom stereocenters. The summed E-state index contributed by atoms with van der Waals surface area (Å²) in [6.45, 7) is 2.80. The molecule has 0 saturated carbocycles. The lowest BCUT2D eigenvalue weighted by molar-refractivity contribution is -0.167. The topological polar surface area (TPSA) is 98.5 Å². The molecule has 28 heavy (non-hydrogen) atoms. The molecule has 8 nitrogen and oxygen atoms in total. The molecule has 3 heterocycles. The number of carbonyl (C=O) groups excluding carboxylic acids is 2. The van der Waals surface area contributed by atoms with Gasteiger partial charge in [-0.05, 0) is 24.5 Å². The minimum Gasteiger partial charge on any atom is -0.356 e. The van der Waals surface area contributed by atoms with Crippen LogP contribution in [0, 0.1) is 6.92 Å². The molecule has 4 rings (SSSR count). The standard InChI is InChI=1S/C20H24N4O4/c1-12-5-3-4-6-13(12)17-18(28-11-16(25)23(17)2)20(27)24-9-7-14-15(8-10-24)21-22-19(14)26/h3-6,17-18H,7-11H2,1-2H3,(H2,21,22,26)/t17-,18+/m1/s1. The van der Waals surface area contributed by atoms with Gasteiger partial charge < -0.3 is 19.6 Å². The number of nitrogens with zero attached hydrogens (tertiary/aromatic N) is 2. The SMILES string of the molecule is Cc1ccccc1[C@@H]1[C@@H](C(=O)N2CCc3[nH][nH]c(=O)c3CC2)OCC(=O)N1C. The molecule has 2 N–H and O–H groups in total. The Morgan fingerprint density at radius 3 is 2.68 bits per heavy atom. The third kappa shape index (κ3) is 3.13. The molecule has 8 heteroatoms. The first-order valence-electron chi connectivity index (χ1n) is 9.47. The van der Waals surface area contributed by atoms with Crippen molar-refractivity contribution < 1.29 is 14.3 Å². The van der Waals surface area contributed by atoms with Crippen molar-refractivity contribution in [3.05, 3.63) is 57.0 Å². The number of hydrogen-bond donors (Lipinski definition) is 2. The summed E-state index contributed by atoms with van der Waals surface area (Å²) in [6, 6.07) is 7.27. The summed E-state index contributed by atoms with van der Waals surface area (Å²) in [5.74, 6) is -0.288. The molecule has 2 aromatic rings. The Kier molecular flexibility index (Phi) is 4.80. The van der Waals surface area contributed by atoms with E-state index in [1.54, 1.807) is 16.8 Å². The largest absolute Gasteiger partial charge is 0.356 e. The van der Waals surface area contributed by atoms with Crippen LogP contribution in [-0.2, 0) is 27.2 Å². The summed E-state index contributed by atoms with van der Waals surface area (Å²) in [7, 11) is 1.72. The van der Waals surface area contributed by atoms with E-state index in [-0.39, 0.29) is 24.0 Å². The maximum atomic E-state index is 13.4. The maximum Gasteiger partial charge on any atom is 0.267 e. The molecule has 1 aromatic heterocycles. The Morgan fingerprint density at radius 1 is 1.14 bits per heavy atom. The van der Waals surface area contributed by atoms with Gasteiger partial charge in [0.15, 0.2) is 6.10 Å². The number of hydrogen-bond acceptors (Lipinski definition) is 4. The molecule has 0 radical (unpaired) electrons. The summed E-state index contributed by atoms with van der Waals surface area (Å²) in [4.78, 5) is 40.9. The normalized spacial score (nSPS) is 22.7. The summed E-state index contributed by atoms with van der Waals surface area (Å²) in [5, 5.41) is 5.51. The fourth-order valence-electron chi connectivity index (χ4n) is 4.11. The van der Waals surface area contributed by atoms with Gasteiger partial charge in [-0.3, -0.25) is 19.5 Å². The lowest BCUT2D eigenvalue weighted by Gasteiger charge is -2.40. The minimum absolute atomic E-state index is 0.109. The minimum atomic E-state index is -0.765. The van der Waals surface area contributed by atoms with Crippen LogP contribution in [0.25, 0.3) is 0 Å². The van der Waals surface area contributed by atoms with Gasteiger partial charge >= 0.3 is 0 Å². The fourth-order valence-corrected chi connectivity index (χ4v) is 4.11. The van der Waals surface area contributed by atoms with Gasteiger partial charge in [0.2, 0.25) is 5.91 Å². The van der Waals surface area contributed by atoms with Crippen LogP contribution in [0.3, 0.4) is 0 Å². The van der Waals surface area contributed by atoms with Gasteiger partial charge in [0.1, 0.15) is 6.61 Å². The number of aromatic amines is 2. The van der Waals surface area contributed by atoms with E-state index >= 15 is 0 Å². The quantitative estimate of drug-likeness (QED) is 0.789. The molecular formula is C20H24N4O4. The molecule has 0 bridgehead atoms. The van der Waals surface area contributed by atoms with E-state index in [0.29, 0.717) is 31.5 Å². The zero-order chi connectivity index (χ0) is 19.8. The van der Waals surface area contributed by atoms with Crippen molar-refractivity contribution in [2.45, 2.75) is 31.9 Å². The van der Waals surface area contributed by atoms with Gasteiger partial charge in [0, 0.05) is 37.8 Å². The van der Waals surface area contributed by atoms with Gasteiger partial charge in [-0.2, -0.15) is 0 Å². The number of rotatable bonds is 2. The van der Waals surface area contributed by atoms with E-state index in [1.165, 1.54) is 0 Å². The predicted octanol–water partition coefficient (Wildman–Crippen LogP) is 0.537. The van der Waals surface area contributed by atoms with Crippen LogP contribution in [0.2, 0.25) is 0 Å². The molecule has 2 aliphatic rings. The van der Waals surface area contributed by atoms with E-state index in [0.717, 1.165) is 16.8 Å². The molecule has 0 aliphatic carbocycles. The Morgan fingerprint density at radius 2 is 1.89 bits per heavy atom. The second-order valence-electron chi connectivity index (χ2n) is 7.40. The van der Waals surface area contributed by atoms with Crippen LogP contribution >= 0.6 is 0 Å². The highest BCUT2D eigenvalue weighted by atomic mass is 16.5. The number of fused-ring (bicyclic) bond motifs is 1. The maximum absolute atomic E-state index is 13.4. The van der Waals surface area contributed by atoms with Crippen molar-refractivity contribution in [1.29, 1.82) is 0 Å². The molecule has 2 atom stereocenters. The highest BCUT2D eigenvalue weighted by Gasteiger charge is 2.42. The summed E-state index contributed by atoms with van der Waals surface area (Å²) >= 11 is 0. The van der Waals surface area contributed by atoms with Gasteiger partial charge in [0.25, 0.3) is 11.5 Å². The first-order valence-corrected chi connectivity index (χ1v) is 9.47. The van der Waals surface area contributed by atoms with Crippen LogP contribution in [-0.4, -0.2) is 64.7 Å². The number of aryl methyl sites for hydroxylation is 1. The number of ether oxygens (including phenoxy) is 1. The van der Waals surface area contributed by atoms with Gasteiger partial charge in [-0.25, -0.2) is 0 Å². The number of H-pyrrole nitrogens is 2. The highest BCUT2D eigenvalue weighted by molar-refractivity contribution is 5.86. The first-order chi connectivity index (χ1) is 13.5. The van der Waals surface area contributed by atoms with Crippen LogP contribution in [0.5, 0.6) is 0 Å². The third-order valence-electron chi connectivity index (χ3n) is 5.77. The Balaban J connectivity index is 1.61. The van der Waals surface area contributed by atoms with E-state index in [1.807, 2.05) is 31.2 Å². The lowest BCUT2D eigenvalue weighted by Crippen LogP contribution is -2.54. The molecule has 1 fully saturated rings. The Bertz CT molecular complexity index is 963. The predicted molar refractivity (Wildman–Crippen MR) is 102 cm³/mol. The smallest absolute Gasteiger partial charge is 0.267 e. The molecular weight excluding hydrogens is 360 g/mol. The lowest BCUT2D eigenvalue weighted by atomic mass is 9.93. The van der Waals surface area contributed by atoms with Crippen molar-refractivity contribution >= 4 is 11.8 Å². The van der Waals surface area contributed by atoms with Crippen molar-refractivity contribution in [2.75, 3.05) is 26.7 Å². The Labute approximate surface area is 162 Å². The van der Waals surface area contributed by atoms with Crippen molar-refractivity contribution in [3.8, 4) is 0 Å². The average molecular weight is 384 g/mol. The number of carbonyl (C=O) groups is 2. The Hall–Kier alpha value is -2.87. The van der Waals surface area contributed by atoms with Crippen LogP contribution < -0.4 is 5.56 Å². The number of aromatic nitrogens is 2. The molecule has 0 spiro atoms. The summed E-state index contributed by atoms with van der Waals surface area (Å²) < 4.78 is 5.76. The van der Waals surface area contributed by atoms with Crippen LogP contribution in [0.1, 0.15) is 28.4 Å². The second-order valence-corrected chi connectivity index (χ2v) is 7.40. The fraction of sp³-hybridized carbons (Fsp3) is 0.450. The highest BCUT2D eigenvalue weighted by Crippen LogP contribution is 2.32. The van der Waals surface area contributed by atoms with E-state index in [9.17, 15) is 14.4 Å². The van der Waals surface area contributed by atoms with E-state index in [2.05, 4.69) is 10.2 Å². The zero-order valence-corrected chi connectivity index (χ0v) is 16.0. The number of benzene rings is 1. The van der Waals surface area contributed by atoms with Crippen LogP contribution in [0.4, 0.5) is 0 Å². The van der Waals surface area contributed by atoms with Gasteiger partial charge in [0.05, 0.1) is 6.04 Å². The van der Waals surface area contributed by atoms with Gasteiger partial charge in [-0.15, -0.1) is 0 Å². The number of nitrogens with one attached hydrogen (secondary N) is 2. The summed E-state index contributed by atoms with van der Waals surface area (Å²) in [5.41, 5.74) is 3.36. The molecule has 1 aromatic carbocycles. The van der Waals surface area contributed by atoms with Crippen LogP contribution in [0.15, 0.2) is 29.1 Å². The van der Waals surface area contributed by atoms with Crippen molar-refractivity contribution in [3.63, 3.8) is 0 Å². The second kappa shape index (κ2) is 7.27. The number of morpholine rings is 1. The first kappa shape index (κ1) is 18.5. The van der Waals surface area contributed by atoms with Gasteiger partial charge in [-0.1, -0.05) is 24.3 Å². The van der Waals surface area contributed by atoms with E-state index in [4.69, 9.17) is 4.74 Å². The molecule has 148 valence electrons. The molecule has 1 saturated heterocycles. The number of likely N-dealkylation sites (N-methyl/N-ethyl adjacent to an activating group) is 1. The molecule has 2 aliphatic heterocycles. The summed E-state index contributed by atoms with van der Waals surface area (Å²) in [6.07, 6.45) is 0.311. The van der Waals surface area contributed by atoms with Crippen molar-refractivity contribution in [1.82, 2.24) is 20.0 Å². The average Bonchev–Trinajstić information content (AvgIpc) is 2.90. The number of amides is 2. The molecule has 2 amide bonds. The zero-order valence-electron chi connectivity index (χ0n) is 16.0. The monoisotopic (exact) mass is 384 g/mol. The van der Waals surface area contributed by atoms with Crippen molar-refractivity contribution in [2.24, 2.45) is 0 Å². The van der Waals surface area contributed by atoms with E-state index < -0.39 is 12.1 Å². The third-order valence-corrected chi connectivity index (χ3v) is 5.77.